The Morgan fingerprint density at radius 2 is 2.21 bits per heavy atom. The monoisotopic (exact) mass is 408 g/mol. The second kappa shape index (κ2) is 9.14. The Morgan fingerprint density at radius 3 is 2.89 bits per heavy atom. The lowest BCUT2D eigenvalue weighted by Crippen LogP contribution is -2.48. The molecule has 0 aromatic carbocycles. The summed E-state index contributed by atoms with van der Waals surface area (Å²) in [6.45, 7) is 7.55. The van der Waals surface area contributed by atoms with E-state index in [4.69, 9.17) is 20.8 Å². The fourth-order valence-electron chi connectivity index (χ4n) is 4.17. The summed E-state index contributed by atoms with van der Waals surface area (Å²) in [4.78, 5) is 26.7. The Hall–Kier alpha value is -1.79. The number of hydrogen-bond donors (Lipinski definition) is 1. The van der Waals surface area contributed by atoms with Gasteiger partial charge >= 0.3 is 0 Å². The second-order valence-electron chi connectivity index (χ2n) is 8.28. The predicted octanol–water partition coefficient (Wildman–Crippen LogP) is 3.37. The van der Waals surface area contributed by atoms with E-state index in [1.807, 2.05) is 4.90 Å². The summed E-state index contributed by atoms with van der Waals surface area (Å²) in [5, 5.41) is 2.87. The molecule has 0 spiro atoms. The molecule has 1 aliphatic heterocycles. The van der Waals surface area contributed by atoms with E-state index in [1.165, 1.54) is 25.4 Å². The van der Waals surface area contributed by atoms with Crippen LogP contribution in [0.4, 0.5) is 0 Å². The van der Waals surface area contributed by atoms with Crippen molar-refractivity contribution in [1.82, 2.24) is 10.2 Å². The Kier molecular flexibility index (Phi) is 6.83. The van der Waals surface area contributed by atoms with Gasteiger partial charge in [0.1, 0.15) is 12.9 Å². The average Bonchev–Trinajstić information content (AvgIpc) is 3.30. The highest BCUT2D eigenvalue weighted by molar-refractivity contribution is 6.21. The van der Waals surface area contributed by atoms with Gasteiger partial charge in [-0.3, -0.25) is 9.59 Å². The molecule has 2 heterocycles. The molecule has 0 bridgehead atoms. The number of alkyl halides is 1. The molecular formula is C21H29ClN2O4. The van der Waals surface area contributed by atoms with Gasteiger partial charge in [-0.2, -0.15) is 0 Å². The third kappa shape index (κ3) is 5.39. The third-order valence-electron chi connectivity index (χ3n) is 5.75. The maximum Gasteiger partial charge on any atom is 0.255 e. The van der Waals surface area contributed by atoms with Crippen molar-refractivity contribution >= 4 is 23.3 Å². The van der Waals surface area contributed by atoms with Crippen LogP contribution in [-0.4, -0.2) is 54.3 Å². The quantitative estimate of drug-likeness (QED) is 0.730. The van der Waals surface area contributed by atoms with E-state index in [9.17, 15) is 9.59 Å². The van der Waals surface area contributed by atoms with Crippen molar-refractivity contribution in [3.8, 4) is 0 Å². The number of ether oxygens (including phenoxy) is 1. The first-order valence-electron chi connectivity index (χ1n) is 9.87. The van der Waals surface area contributed by atoms with Gasteiger partial charge in [0.2, 0.25) is 0 Å². The topological polar surface area (TPSA) is 71.8 Å². The van der Waals surface area contributed by atoms with Crippen molar-refractivity contribution in [2.75, 3.05) is 26.3 Å². The molecule has 1 aromatic heterocycles. The largest absolute Gasteiger partial charge is 0.472 e. The Labute approximate surface area is 171 Å². The van der Waals surface area contributed by atoms with Gasteiger partial charge < -0.3 is 19.4 Å². The Bertz CT molecular complexity index is 697. The van der Waals surface area contributed by atoms with E-state index in [0.29, 0.717) is 18.7 Å². The number of ketones is 1. The van der Waals surface area contributed by atoms with Crippen LogP contribution in [0, 0.1) is 5.41 Å². The summed E-state index contributed by atoms with van der Waals surface area (Å²) < 4.78 is 10.3. The fraction of sp³-hybridized carbons (Fsp3) is 0.619. The molecular weight excluding hydrogens is 380 g/mol. The first-order chi connectivity index (χ1) is 13.4. The molecule has 2 aliphatic rings. The molecule has 1 aliphatic carbocycles. The number of carbonyl (C=O) groups is 2. The first kappa shape index (κ1) is 20.9. The summed E-state index contributed by atoms with van der Waals surface area (Å²) in [6.07, 6.45) is 8.35. The van der Waals surface area contributed by atoms with Crippen LogP contribution >= 0.6 is 11.6 Å². The van der Waals surface area contributed by atoms with Crippen molar-refractivity contribution in [1.29, 1.82) is 0 Å². The van der Waals surface area contributed by atoms with Crippen molar-refractivity contribution < 1.29 is 18.7 Å². The standard InChI is InChI=1S/C21H29ClN2O4/c1-15(24-10-17(22)13-28-14-18(25)11-24)19(9-21(2)6-3-4-7-21)23-20(26)16-5-8-27-12-16/h5,8,12,17,19H,1,3-4,6-7,9-11,13-14H2,2H3,(H,23,26)/t17-,19+/m1/s1. The lowest BCUT2D eigenvalue weighted by atomic mass is 9.81. The molecule has 3 rings (SSSR count). The summed E-state index contributed by atoms with van der Waals surface area (Å²) in [6, 6.07) is 1.36. The van der Waals surface area contributed by atoms with Crippen molar-refractivity contribution in [2.24, 2.45) is 5.41 Å². The zero-order valence-corrected chi connectivity index (χ0v) is 17.2. The zero-order valence-electron chi connectivity index (χ0n) is 16.4. The van der Waals surface area contributed by atoms with Gasteiger partial charge in [0.15, 0.2) is 5.78 Å². The van der Waals surface area contributed by atoms with Crippen LogP contribution in [0.5, 0.6) is 0 Å². The van der Waals surface area contributed by atoms with Gasteiger partial charge in [0.05, 0.1) is 36.4 Å². The van der Waals surface area contributed by atoms with E-state index in [0.717, 1.165) is 25.0 Å². The van der Waals surface area contributed by atoms with Crippen LogP contribution in [-0.2, 0) is 9.53 Å². The number of hydrogen-bond acceptors (Lipinski definition) is 5. The van der Waals surface area contributed by atoms with E-state index >= 15 is 0 Å². The van der Waals surface area contributed by atoms with Crippen LogP contribution in [0.25, 0.3) is 0 Å². The molecule has 1 N–H and O–H groups in total. The molecule has 154 valence electrons. The number of Topliss-reactive ketones (excluding diaryl/α,β-unsaturated/α-hetero) is 1. The van der Waals surface area contributed by atoms with Crippen molar-refractivity contribution in [3.63, 3.8) is 0 Å². The molecule has 2 atom stereocenters. The number of carbonyl (C=O) groups excluding carboxylic acids is 2. The summed E-state index contributed by atoms with van der Waals surface area (Å²) >= 11 is 6.35. The molecule has 28 heavy (non-hydrogen) atoms. The van der Waals surface area contributed by atoms with E-state index < -0.39 is 0 Å². The van der Waals surface area contributed by atoms with Crippen LogP contribution < -0.4 is 5.32 Å². The highest BCUT2D eigenvalue weighted by Crippen LogP contribution is 2.42. The second-order valence-corrected chi connectivity index (χ2v) is 8.90. The summed E-state index contributed by atoms with van der Waals surface area (Å²) in [5.41, 5.74) is 1.35. The zero-order chi connectivity index (χ0) is 20.1. The van der Waals surface area contributed by atoms with Crippen molar-refractivity contribution in [3.05, 3.63) is 36.4 Å². The maximum absolute atomic E-state index is 12.7. The summed E-state index contributed by atoms with van der Waals surface area (Å²) in [5.74, 6) is -0.220. The number of furan rings is 1. The number of nitrogens with one attached hydrogen (secondary N) is 1. The Balaban J connectivity index is 1.78. The highest BCUT2D eigenvalue weighted by atomic mass is 35.5. The lowest BCUT2D eigenvalue weighted by Gasteiger charge is -2.37. The number of amides is 1. The van der Waals surface area contributed by atoms with Gasteiger partial charge in [-0.05, 0) is 30.7 Å². The Morgan fingerprint density at radius 1 is 1.46 bits per heavy atom. The van der Waals surface area contributed by atoms with Gasteiger partial charge in [0.25, 0.3) is 5.91 Å². The first-order valence-corrected chi connectivity index (χ1v) is 10.3. The van der Waals surface area contributed by atoms with Gasteiger partial charge in [-0.1, -0.05) is 26.3 Å². The van der Waals surface area contributed by atoms with Gasteiger partial charge in [0, 0.05) is 12.2 Å². The molecule has 1 saturated carbocycles. The molecule has 0 radical (unpaired) electrons. The lowest BCUT2D eigenvalue weighted by molar-refractivity contribution is -0.125. The van der Waals surface area contributed by atoms with Gasteiger partial charge in [-0.15, -0.1) is 11.6 Å². The minimum Gasteiger partial charge on any atom is -0.472 e. The molecule has 1 saturated heterocycles. The fourth-order valence-corrected chi connectivity index (χ4v) is 4.42. The van der Waals surface area contributed by atoms with Gasteiger partial charge in [-0.25, -0.2) is 0 Å². The van der Waals surface area contributed by atoms with Crippen LogP contribution in [0.2, 0.25) is 0 Å². The van der Waals surface area contributed by atoms with Crippen LogP contribution in [0.3, 0.4) is 0 Å². The molecule has 6 nitrogen and oxygen atoms in total. The molecule has 2 fully saturated rings. The third-order valence-corrected chi connectivity index (χ3v) is 6.02. The number of nitrogens with zero attached hydrogens (tertiary/aromatic N) is 1. The number of halogens is 1. The van der Waals surface area contributed by atoms with Crippen molar-refractivity contribution in [2.45, 2.75) is 50.4 Å². The SMILES string of the molecule is C=C([C@H](CC1(C)CCCC1)NC(=O)c1ccoc1)N1CC(=O)COC[C@H](Cl)C1. The van der Waals surface area contributed by atoms with E-state index in [1.54, 1.807) is 6.07 Å². The average molecular weight is 409 g/mol. The normalized spacial score (nSPS) is 23.7. The minimum absolute atomic E-state index is 0.0169. The molecule has 1 aromatic rings. The highest BCUT2D eigenvalue weighted by Gasteiger charge is 2.35. The minimum atomic E-state index is -0.275. The molecule has 0 unspecified atom stereocenters. The smallest absolute Gasteiger partial charge is 0.255 e. The van der Waals surface area contributed by atoms with Crippen LogP contribution in [0.1, 0.15) is 49.4 Å². The van der Waals surface area contributed by atoms with E-state index in [-0.39, 0.29) is 41.7 Å². The number of rotatable bonds is 6. The summed E-state index contributed by atoms with van der Waals surface area (Å²) in [7, 11) is 0. The van der Waals surface area contributed by atoms with Crippen LogP contribution in [0.15, 0.2) is 35.3 Å². The molecule has 1 amide bonds. The molecule has 7 heteroatoms. The maximum atomic E-state index is 12.7. The predicted molar refractivity (Wildman–Crippen MR) is 107 cm³/mol. The van der Waals surface area contributed by atoms with E-state index in [2.05, 4.69) is 18.8 Å².